The lowest BCUT2D eigenvalue weighted by molar-refractivity contribution is -0.482. The molecule has 0 spiro atoms. The van der Waals surface area contributed by atoms with Crippen molar-refractivity contribution in [1.29, 1.82) is 5.26 Å². The van der Waals surface area contributed by atoms with E-state index in [4.69, 9.17) is 5.73 Å². The maximum Gasteiger partial charge on any atom is 0.319 e. The third-order valence-electron chi connectivity index (χ3n) is 3.66. The molecule has 110 valence electrons. The Hall–Kier alpha value is -3.24. The van der Waals surface area contributed by atoms with Crippen molar-refractivity contribution < 1.29 is 4.40 Å². The summed E-state index contributed by atoms with van der Waals surface area (Å²) in [4.78, 5) is 20.4. The van der Waals surface area contributed by atoms with Crippen molar-refractivity contribution in [1.82, 2.24) is 9.97 Å². The number of nitriles is 1. The third kappa shape index (κ3) is 1.89. The minimum atomic E-state index is -0.287. The van der Waals surface area contributed by atoms with Gasteiger partial charge in [0.25, 0.3) is 10.6 Å². The minimum absolute atomic E-state index is 0.115. The molecule has 0 radical (unpaired) electrons. The molecule has 0 aliphatic heterocycles. The number of benzene rings is 1. The lowest BCUT2D eigenvalue weighted by Crippen LogP contribution is -2.28. The minimum Gasteiger partial charge on any atom is -0.369 e. The van der Waals surface area contributed by atoms with Gasteiger partial charge in [0.2, 0.25) is 5.82 Å². The number of fused-ring (bicyclic) bond motifs is 3. The van der Waals surface area contributed by atoms with Crippen molar-refractivity contribution >= 4 is 33.1 Å². The fourth-order valence-electron chi connectivity index (χ4n) is 2.68. The second-order valence-electron chi connectivity index (χ2n) is 4.96. The smallest absolute Gasteiger partial charge is 0.319 e. The van der Waals surface area contributed by atoms with Gasteiger partial charge in [0.1, 0.15) is 17.0 Å². The molecule has 0 unspecified atom stereocenters. The van der Waals surface area contributed by atoms with E-state index in [2.05, 4.69) is 16.0 Å². The monoisotopic (exact) mass is 320 g/mol. The average molecular weight is 320 g/mol. The van der Waals surface area contributed by atoms with E-state index in [1.807, 2.05) is 41.9 Å². The number of aromatic amines is 1. The Morgan fingerprint density at radius 1 is 1.30 bits per heavy atom. The highest BCUT2D eigenvalue weighted by molar-refractivity contribution is 7.14. The number of rotatable bonds is 1. The molecule has 0 bridgehead atoms. The standard InChI is InChI=1S/C16H9N5OS/c17-8-10-11(9-4-2-1-3-5-9)12-14(19-13(10)18)21-6-7-23-16(21)20-15(12)22/h1-7H,(H2,18,19,22)/p+1. The molecule has 4 rings (SSSR count). The van der Waals surface area contributed by atoms with E-state index in [0.29, 0.717) is 21.6 Å². The molecule has 23 heavy (non-hydrogen) atoms. The molecular weight excluding hydrogens is 310 g/mol. The van der Waals surface area contributed by atoms with E-state index in [0.717, 1.165) is 5.56 Å². The number of pyridine rings is 1. The zero-order valence-electron chi connectivity index (χ0n) is 11.8. The van der Waals surface area contributed by atoms with Crippen LogP contribution in [0, 0.1) is 11.3 Å². The van der Waals surface area contributed by atoms with E-state index in [9.17, 15) is 10.1 Å². The van der Waals surface area contributed by atoms with Crippen LogP contribution in [0.1, 0.15) is 5.56 Å². The average Bonchev–Trinajstić information content (AvgIpc) is 3.03. The van der Waals surface area contributed by atoms with Crippen LogP contribution in [0.4, 0.5) is 5.82 Å². The molecule has 1 aromatic carbocycles. The second-order valence-corrected chi connectivity index (χ2v) is 5.85. The van der Waals surface area contributed by atoms with Gasteiger partial charge in [-0.3, -0.25) is 4.79 Å². The van der Waals surface area contributed by atoms with Gasteiger partial charge >= 0.3 is 5.56 Å². The summed E-state index contributed by atoms with van der Waals surface area (Å²) >= 11 is 1.40. The third-order valence-corrected chi connectivity index (χ3v) is 4.44. The van der Waals surface area contributed by atoms with Crippen LogP contribution >= 0.6 is 11.3 Å². The molecule has 3 N–H and O–H groups in total. The summed E-state index contributed by atoms with van der Waals surface area (Å²) in [5.74, 6) is 0.115. The van der Waals surface area contributed by atoms with Gasteiger partial charge in [-0.05, 0) is 5.56 Å². The van der Waals surface area contributed by atoms with E-state index >= 15 is 0 Å². The van der Waals surface area contributed by atoms with E-state index in [1.54, 1.807) is 4.40 Å². The van der Waals surface area contributed by atoms with Gasteiger partial charge in [0.05, 0.1) is 6.20 Å². The molecule has 0 saturated carbocycles. The number of H-pyrrole nitrogens is 1. The van der Waals surface area contributed by atoms with Crippen molar-refractivity contribution in [2.75, 3.05) is 5.73 Å². The molecule has 6 nitrogen and oxygen atoms in total. The number of anilines is 1. The van der Waals surface area contributed by atoms with Crippen LogP contribution in [0.5, 0.6) is 0 Å². The first-order chi connectivity index (χ1) is 11.2. The van der Waals surface area contributed by atoms with Crippen molar-refractivity contribution in [2.24, 2.45) is 0 Å². The number of hydrogen-bond acceptors (Lipinski definition) is 5. The van der Waals surface area contributed by atoms with Crippen LogP contribution in [0.3, 0.4) is 0 Å². The van der Waals surface area contributed by atoms with Gasteiger partial charge in [0, 0.05) is 10.9 Å². The first kappa shape index (κ1) is 13.4. The van der Waals surface area contributed by atoms with Gasteiger partial charge < -0.3 is 5.73 Å². The summed E-state index contributed by atoms with van der Waals surface area (Å²) in [6, 6.07) is 11.3. The number of nitrogens with one attached hydrogen (secondary N) is 1. The van der Waals surface area contributed by atoms with E-state index < -0.39 is 0 Å². The summed E-state index contributed by atoms with van der Waals surface area (Å²) in [6.07, 6.45) is 1.81. The Bertz CT molecular complexity index is 1150. The first-order valence-electron chi connectivity index (χ1n) is 6.80. The quantitative estimate of drug-likeness (QED) is 0.523. The molecule has 0 aliphatic rings. The van der Waals surface area contributed by atoms with Crippen LogP contribution < -0.4 is 15.7 Å². The van der Waals surface area contributed by atoms with Crippen molar-refractivity contribution in [2.45, 2.75) is 0 Å². The molecule has 0 atom stereocenters. The Balaban J connectivity index is 2.32. The summed E-state index contributed by atoms with van der Waals surface area (Å²) in [6.45, 7) is 0. The van der Waals surface area contributed by atoms with Gasteiger partial charge in [0.15, 0.2) is 0 Å². The zero-order chi connectivity index (χ0) is 16.0. The number of aromatic nitrogens is 3. The molecule has 0 amide bonds. The van der Waals surface area contributed by atoms with Crippen LogP contribution in [0.15, 0.2) is 46.7 Å². The fraction of sp³-hybridized carbons (Fsp3) is 0. The van der Waals surface area contributed by atoms with Crippen molar-refractivity contribution in [3.8, 4) is 17.2 Å². The summed E-state index contributed by atoms with van der Waals surface area (Å²) in [5.41, 5.74) is 7.62. The van der Waals surface area contributed by atoms with Crippen LogP contribution in [-0.2, 0) is 0 Å². The Morgan fingerprint density at radius 2 is 2.09 bits per heavy atom. The summed E-state index contributed by atoms with van der Waals surface area (Å²) < 4.78 is 1.77. The number of thiazole rings is 1. The normalized spacial score (nSPS) is 10.9. The predicted octanol–water partition coefficient (Wildman–Crippen LogP) is 1.84. The highest BCUT2D eigenvalue weighted by atomic mass is 32.1. The summed E-state index contributed by atoms with van der Waals surface area (Å²) in [5, 5.41) is 11.7. The van der Waals surface area contributed by atoms with Crippen molar-refractivity contribution in [3.05, 3.63) is 57.8 Å². The highest BCUT2D eigenvalue weighted by Gasteiger charge is 2.24. The van der Waals surface area contributed by atoms with Gasteiger partial charge in [-0.1, -0.05) is 46.7 Å². The summed E-state index contributed by atoms with van der Waals surface area (Å²) in [7, 11) is 0. The molecule has 3 heterocycles. The lowest BCUT2D eigenvalue weighted by atomic mass is 9.98. The maximum absolute atomic E-state index is 12.6. The van der Waals surface area contributed by atoms with E-state index in [-0.39, 0.29) is 16.9 Å². The lowest BCUT2D eigenvalue weighted by Gasteiger charge is -2.07. The molecule has 4 aromatic rings. The van der Waals surface area contributed by atoms with Crippen LogP contribution in [0.25, 0.3) is 27.1 Å². The van der Waals surface area contributed by atoms with Crippen LogP contribution in [-0.4, -0.2) is 9.97 Å². The molecule has 7 heteroatoms. The Morgan fingerprint density at radius 3 is 2.83 bits per heavy atom. The highest BCUT2D eigenvalue weighted by Crippen LogP contribution is 2.31. The maximum atomic E-state index is 12.6. The zero-order valence-corrected chi connectivity index (χ0v) is 12.6. The number of nitrogens with zero attached hydrogens (tertiary/aromatic N) is 3. The first-order valence-corrected chi connectivity index (χ1v) is 7.68. The topological polar surface area (TPSA) is 99.7 Å². The largest absolute Gasteiger partial charge is 0.369 e. The Labute approximate surface area is 134 Å². The van der Waals surface area contributed by atoms with Gasteiger partial charge in [-0.25, -0.2) is 4.98 Å². The SMILES string of the molecule is N#Cc1c(N)nc2c(c1-c1ccccc1)c(=O)[nH]c1scc[n+]12. The number of nitrogens with two attached hydrogens (primary N) is 1. The van der Waals surface area contributed by atoms with Crippen molar-refractivity contribution in [3.63, 3.8) is 0 Å². The second kappa shape index (κ2) is 4.90. The molecule has 0 saturated heterocycles. The fourth-order valence-corrected chi connectivity index (χ4v) is 3.41. The van der Waals surface area contributed by atoms with Gasteiger partial charge in [-0.2, -0.15) is 9.66 Å². The molecule has 0 fully saturated rings. The number of nitrogen functional groups attached to an aromatic ring is 1. The van der Waals surface area contributed by atoms with Crippen LogP contribution in [0.2, 0.25) is 0 Å². The predicted molar refractivity (Wildman–Crippen MR) is 88.0 cm³/mol. The molecule has 3 aromatic heterocycles. The molecule has 0 aliphatic carbocycles. The van der Waals surface area contributed by atoms with Gasteiger partial charge in [-0.15, -0.1) is 0 Å². The molecular formula is C16H10N5OS+. The van der Waals surface area contributed by atoms with E-state index in [1.165, 1.54) is 11.3 Å². The number of hydrogen-bond donors (Lipinski definition) is 2. The Kier molecular flexibility index (Phi) is 2.86.